The molecule has 0 radical (unpaired) electrons. The molecule has 1 amide bonds. The van der Waals surface area contributed by atoms with Crippen LogP contribution in [0.2, 0.25) is 0 Å². The van der Waals surface area contributed by atoms with E-state index in [1.807, 2.05) is 18.2 Å². The van der Waals surface area contributed by atoms with Gasteiger partial charge in [-0.05, 0) is 40.8 Å². The van der Waals surface area contributed by atoms with Crippen LogP contribution in [0.5, 0.6) is 0 Å². The van der Waals surface area contributed by atoms with E-state index in [0.717, 1.165) is 13.7 Å². The molecular weight excluding hydrogens is 371 g/mol. The molecule has 1 unspecified atom stereocenters. The Balaban J connectivity index is 2.37. The molecule has 0 aromatic heterocycles. The molecular formula is C10H10BrIN2O. The summed E-state index contributed by atoms with van der Waals surface area (Å²) in [4.78, 5) is 13.4. The van der Waals surface area contributed by atoms with Gasteiger partial charge in [0.15, 0.2) is 0 Å². The van der Waals surface area contributed by atoms with Crippen LogP contribution in [-0.4, -0.2) is 18.5 Å². The highest BCUT2D eigenvalue weighted by Crippen LogP contribution is 2.29. The largest absolute Gasteiger partial charge is 0.326 e. The minimum atomic E-state index is -0.0349. The molecule has 1 aromatic carbocycles. The normalized spacial score (nSPS) is 21.1. The van der Waals surface area contributed by atoms with Crippen molar-refractivity contribution >= 4 is 50.1 Å². The predicted molar refractivity (Wildman–Crippen MR) is 71.8 cm³/mol. The molecule has 1 atom stereocenters. The minimum absolute atomic E-state index is 0.0349. The number of hydrogen-bond donors (Lipinski definition) is 1. The van der Waals surface area contributed by atoms with Crippen molar-refractivity contribution in [3.05, 3.63) is 26.2 Å². The molecule has 1 fully saturated rings. The van der Waals surface area contributed by atoms with E-state index >= 15 is 0 Å². The predicted octanol–water partition coefficient (Wildman–Crippen LogP) is 2.12. The standard InChI is InChI=1S/C10H10BrIN2O/c11-6-1-2-8(12)9(3-6)14-5-7(13)4-10(14)15/h1-3,7H,4-5,13H2. The lowest BCUT2D eigenvalue weighted by atomic mass is 10.3. The van der Waals surface area contributed by atoms with Gasteiger partial charge in [-0.15, -0.1) is 0 Å². The second-order valence-corrected chi connectivity index (χ2v) is 5.64. The van der Waals surface area contributed by atoms with Crippen LogP contribution in [0.3, 0.4) is 0 Å². The molecule has 0 aliphatic carbocycles. The average molecular weight is 381 g/mol. The highest BCUT2D eigenvalue weighted by Gasteiger charge is 2.29. The summed E-state index contributed by atoms with van der Waals surface area (Å²) < 4.78 is 2.05. The van der Waals surface area contributed by atoms with Crippen LogP contribution >= 0.6 is 38.5 Å². The minimum Gasteiger partial charge on any atom is -0.326 e. The maximum absolute atomic E-state index is 11.7. The maximum Gasteiger partial charge on any atom is 0.228 e. The van der Waals surface area contributed by atoms with Crippen LogP contribution in [0.4, 0.5) is 5.69 Å². The Labute approximate surface area is 110 Å². The molecule has 1 aliphatic heterocycles. The fourth-order valence-electron chi connectivity index (χ4n) is 1.66. The van der Waals surface area contributed by atoms with Crippen molar-refractivity contribution in [2.75, 3.05) is 11.4 Å². The molecule has 1 heterocycles. The van der Waals surface area contributed by atoms with Crippen molar-refractivity contribution in [2.24, 2.45) is 5.73 Å². The Kier molecular flexibility index (Phi) is 3.32. The number of halogens is 2. The topological polar surface area (TPSA) is 46.3 Å². The van der Waals surface area contributed by atoms with Gasteiger partial charge >= 0.3 is 0 Å². The van der Waals surface area contributed by atoms with Crippen LogP contribution in [0.15, 0.2) is 22.7 Å². The van der Waals surface area contributed by atoms with E-state index in [2.05, 4.69) is 38.5 Å². The zero-order valence-corrected chi connectivity index (χ0v) is 11.7. The van der Waals surface area contributed by atoms with E-state index in [1.54, 1.807) is 4.90 Å². The van der Waals surface area contributed by atoms with E-state index in [-0.39, 0.29) is 11.9 Å². The molecule has 2 N–H and O–H groups in total. The molecule has 5 heteroatoms. The lowest BCUT2D eigenvalue weighted by Crippen LogP contribution is -2.28. The molecule has 0 saturated carbocycles. The van der Waals surface area contributed by atoms with Crippen molar-refractivity contribution in [3.63, 3.8) is 0 Å². The van der Waals surface area contributed by atoms with Gasteiger partial charge in [0, 0.05) is 27.1 Å². The summed E-state index contributed by atoms with van der Waals surface area (Å²) in [6.07, 6.45) is 0.447. The second kappa shape index (κ2) is 4.39. The number of hydrogen-bond acceptors (Lipinski definition) is 2. The van der Waals surface area contributed by atoms with Gasteiger partial charge in [-0.25, -0.2) is 0 Å². The molecule has 1 aliphatic rings. The maximum atomic E-state index is 11.7. The number of anilines is 1. The van der Waals surface area contributed by atoms with Gasteiger partial charge in [-0.3, -0.25) is 4.79 Å². The molecule has 15 heavy (non-hydrogen) atoms. The molecule has 1 aromatic rings. The summed E-state index contributed by atoms with van der Waals surface area (Å²) in [5.74, 6) is 0.110. The first-order valence-corrected chi connectivity index (χ1v) is 6.46. The van der Waals surface area contributed by atoms with Gasteiger partial charge in [0.05, 0.1) is 5.69 Å². The smallest absolute Gasteiger partial charge is 0.228 e. The van der Waals surface area contributed by atoms with Gasteiger partial charge in [-0.2, -0.15) is 0 Å². The van der Waals surface area contributed by atoms with Crippen molar-refractivity contribution in [2.45, 2.75) is 12.5 Å². The van der Waals surface area contributed by atoms with Crippen LogP contribution < -0.4 is 10.6 Å². The Hall–Kier alpha value is -0.140. The van der Waals surface area contributed by atoms with E-state index in [0.29, 0.717) is 13.0 Å². The average Bonchev–Trinajstić information content (AvgIpc) is 2.50. The monoisotopic (exact) mass is 380 g/mol. The van der Waals surface area contributed by atoms with Crippen molar-refractivity contribution < 1.29 is 4.79 Å². The van der Waals surface area contributed by atoms with Crippen molar-refractivity contribution in [1.29, 1.82) is 0 Å². The Morgan fingerprint density at radius 3 is 2.87 bits per heavy atom. The lowest BCUT2D eigenvalue weighted by molar-refractivity contribution is -0.117. The summed E-state index contributed by atoms with van der Waals surface area (Å²) in [5.41, 5.74) is 6.71. The molecule has 0 bridgehead atoms. The summed E-state index contributed by atoms with van der Waals surface area (Å²) in [6, 6.07) is 5.87. The van der Waals surface area contributed by atoms with Crippen LogP contribution in [0.25, 0.3) is 0 Å². The van der Waals surface area contributed by atoms with Crippen LogP contribution in [0.1, 0.15) is 6.42 Å². The van der Waals surface area contributed by atoms with Gasteiger partial charge in [0.2, 0.25) is 5.91 Å². The third-order valence-electron chi connectivity index (χ3n) is 2.35. The van der Waals surface area contributed by atoms with E-state index in [4.69, 9.17) is 5.73 Å². The fourth-order valence-corrected chi connectivity index (χ4v) is 2.64. The number of carbonyl (C=O) groups is 1. The molecule has 1 saturated heterocycles. The number of amides is 1. The molecule has 80 valence electrons. The third kappa shape index (κ3) is 2.34. The van der Waals surface area contributed by atoms with E-state index in [1.165, 1.54) is 0 Å². The Morgan fingerprint density at radius 2 is 2.27 bits per heavy atom. The number of nitrogens with zero attached hydrogens (tertiary/aromatic N) is 1. The number of carbonyl (C=O) groups excluding carboxylic acids is 1. The highest BCUT2D eigenvalue weighted by molar-refractivity contribution is 14.1. The zero-order chi connectivity index (χ0) is 11.0. The summed E-state index contributed by atoms with van der Waals surface area (Å²) in [6.45, 7) is 0.616. The molecule has 0 spiro atoms. The third-order valence-corrected chi connectivity index (χ3v) is 3.76. The summed E-state index contributed by atoms with van der Waals surface area (Å²) in [7, 11) is 0. The summed E-state index contributed by atoms with van der Waals surface area (Å²) >= 11 is 5.63. The number of nitrogens with two attached hydrogens (primary N) is 1. The number of rotatable bonds is 1. The first-order valence-electron chi connectivity index (χ1n) is 4.59. The van der Waals surface area contributed by atoms with Gasteiger partial charge in [0.1, 0.15) is 0 Å². The van der Waals surface area contributed by atoms with E-state index < -0.39 is 0 Å². The fraction of sp³-hybridized carbons (Fsp3) is 0.300. The number of benzene rings is 1. The van der Waals surface area contributed by atoms with Crippen LogP contribution in [0, 0.1) is 3.57 Å². The Morgan fingerprint density at radius 1 is 1.53 bits per heavy atom. The molecule has 3 nitrogen and oxygen atoms in total. The Bertz CT molecular complexity index is 410. The lowest BCUT2D eigenvalue weighted by Gasteiger charge is -2.18. The van der Waals surface area contributed by atoms with Gasteiger partial charge < -0.3 is 10.6 Å². The van der Waals surface area contributed by atoms with Crippen molar-refractivity contribution in [3.8, 4) is 0 Å². The van der Waals surface area contributed by atoms with E-state index in [9.17, 15) is 4.79 Å². The molecule has 2 rings (SSSR count). The first kappa shape index (κ1) is 11.3. The zero-order valence-electron chi connectivity index (χ0n) is 7.91. The second-order valence-electron chi connectivity index (χ2n) is 3.56. The van der Waals surface area contributed by atoms with Crippen LogP contribution in [-0.2, 0) is 4.79 Å². The highest BCUT2D eigenvalue weighted by atomic mass is 127. The first-order chi connectivity index (χ1) is 7.08. The quantitative estimate of drug-likeness (QED) is 0.758. The SMILES string of the molecule is NC1CC(=O)N(c2cc(Br)ccc2I)C1. The van der Waals surface area contributed by atoms with Crippen molar-refractivity contribution in [1.82, 2.24) is 0 Å². The summed E-state index contributed by atoms with van der Waals surface area (Å²) in [5, 5.41) is 0. The van der Waals surface area contributed by atoms with Gasteiger partial charge in [-0.1, -0.05) is 15.9 Å². The van der Waals surface area contributed by atoms with Gasteiger partial charge in [0.25, 0.3) is 0 Å².